The number of halogens is 2. The van der Waals surface area contributed by atoms with Crippen molar-refractivity contribution in [2.75, 3.05) is 26.3 Å². The van der Waals surface area contributed by atoms with Crippen molar-refractivity contribution in [1.82, 2.24) is 19.2 Å². The van der Waals surface area contributed by atoms with Crippen LogP contribution in [0, 0.1) is 12.7 Å². The molecule has 0 aliphatic carbocycles. The fourth-order valence-corrected chi connectivity index (χ4v) is 4.66. The van der Waals surface area contributed by atoms with Crippen LogP contribution in [0.1, 0.15) is 16.8 Å². The highest BCUT2D eigenvalue weighted by molar-refractivity contribution is 6.30. The first-order valence-corrected chi connectivity index (χ1v) is 11.5. The molecule has 1 N–H and O–H groups in total. The molecule has 0 atom stereocenters. The zero-order chi connectivity index (χ0) is 23.8. The largest absolute Gasteiger partial charge is 0.379 e. The van der Waals surface area contributed by atoms with Crippen molar-refractivity contribution in [2.24, 2.45) is 0 Å². The van der Waals surface area contributed by atoms with Gasteiger partial charge in [-0.15, -0.1) is 0 Å². The summed E-state index contributed by atoms with van der Waals surface area (Å²) < 4.78 is 22.2. The van der Waals surface area contributed by atoms with Crippen LogP contribution in [-0.2, 0) is 17.8 Å². The Bertz CT molecular complexity index is 1480. The van der Waals surface area contributed by atoms with Gasteiger partial charge in [0, 0.05) is 31.4 Å². The predicted molar refractivity (Wildman–Crippen MR) is 130 cm³/mol. The number of morpholine rings is 1. The van der Waals surface area contributed by atoms with E-state index in [0.29, 0.717) is 28.8 Å². The Kier molecular flexibility index (Phi) is 6.12. The number of aromatic nitrogens is 3. The van der Waals surface area contributed by atoms with E-state index in [-0.39, 0.29) is 16.1 Å². The smallest absolute Gasteiger partial charge is 0.274 e. The van der Waals surface area contributed by atoms with Crippen LogP contribution in [-0.4, -0.2) is 45.6 Å². The van der Waals surface area contributed by atoms with Crippen molar-refractivity contribution in [1.29, 1.82) is 0 Å². The lowest BCUT2D eigenvalue weighted by atomic mass is 10.1. The lowest BCUT2D eigenvalue weighted by Crippen LogP contribution is -2.36. The minimum absolute atomic E-state index is 0.0675. The van der Waals surface area contributed by atoms with Crippen molar-refractivity contribution < 1.29 is 9.13 Å². The number of hydrogen-bond acceptors (Lipinski definition) is 4. The first-order valence-electron chi connectivity index (χ1n) is 11.1. The summed E-state index contributed by atoms with van der Waals surface area (Å²) in [6, 6.07) is 13.6. The number of ether oxygens (including phenoxy) is 1. The highest BCUT2D eigenvalue weighted by Crippen LogP contribution is 2.22. The molecule has 0 spiro atoms. The van der Waals surface area contributed by atoms with E-state index in [2.05, 4.69) is 16.1 Å². The van der Waals surface area contributed by atoms with Gasteiger partial charge in [-0.05, 0) is 36.2 Å². The van der Waals surface area contributed by atoms with E-state index in [0.717, 1.165) is 44.0 Å². The van der Waals surface area contributed by atoms with Gasteiger partial charge in [-0.25, -0.2) is 4.39 Å². The van der Waals surface area contributed by atoms with Gasteiger partial charge in [0.05, 0.1) is 41.4 Å². The third kappa shape index (κ3) is 4.20. The quantitative estimate of drug-likeness (QED) is 0.473. The van der Waals surface area contributed by atoms with Crippen LogP contribution < -0.4 is 11.1 Å². The summed E-state index contributed by atoms with van der Waals surface area (Å²) in [6.45, 7) is 6.08. The van der Waals surface area contributed by atoms with E-state index in [4.69, 9.17) is 16.3 Å². The van der Waals surface area contributed by atoms with Crippen LogP contribution in [0.3, 0.4) is 0 Å². The molecule has 2 aromatic heterocycles. The van der Waals surface area contributed by atoms with Gasteiger partial charge in [-0.2, -0.15) is 0 Å². The molecule has 5 rings (SSSR count). The average Bonchev–Trinajstić information content (AvgIpc) is 3.16. The van der Waals surface area contributed by atoms with Crippen molar-refractivity contribution in [3.05, 3.63) is 96.9 Å². The van der Waals surface area contributed by atoms with Gasteiger partial charge in [0.2, 0.25) is 0 Å². The number of nitrogens with zero attached hydrogens (tertiary/aromatic N) is 3. The van der Waals surface area contributed by atoms with Crippen molar-refractivity contribution in [3.63, 3.8) is 0 Å². The summed E-state index contributed by atoms with van der Waals surface area (Å²) in [7, 11) is 0. The first kappa shape index (κ1) is 22.6. The van der Waals surface area contributed by atoms with E-state index >= 15 is 0 Å². The standard InChI is InChI=1S/C25H24ClFN4O3/c1-16-24-22(31(28-25(24)33)19-6-7-21(27)20(26)12-19)13-23(32)30(16)15-18-5-3-2-4-17(18)14-29-8-10-34-11-9-29/h2-7,12-13H,8-11,14-15H2,1H3,(H,28,33). The number of benzene rings is 2. The molecule has 0 bridgehead atoms. The number of H-pyrrole nitrogens is 1. The highest BCUT2D eigenvalue weighted by Gasteiger charge is 2.18. The predicted octanol–water partition coefficient (Wildman–Crippen LogP) is 3.46. The van der Waals surface area contributed by atoms with Gasteiger partial charge < -0.3 is 9.30 Å². The summed E-state index contributed by atoms with van der Waals surface area (Å²) in [4.78, 5) is 28.4. The summed E-state index contributed by atoms with van der Waals surface area (Å²) in [5.74, 6) is -0.557. The maximum Gasteiger partial charge on any atom is 0.274 e. The minimum atomic E-state index is -0.557. The maximum absolute atomic E-state index is 13.6. The van der Waals surface area contributed by atoms with Crippen molar-refractivity contribution in [3.8, 4) is 5.69 Å². The second kappa shape index (κ2) is 9.21. The fraction of sp³-hybridized carbons (Fsp3) is 0.280. The van der Waals surface area contributed by atoms with Gasteiger partial charge in [-0.3, -0.25) is 24.3 Å². The van der Waals surface area contributed by atoms with Crippen LogP contribution >= 0.6 is 11.6 Å². The Morgan fingerprint density at radius 1 is 1.03 bits per heavy atom. The molecule has 34 heavy (non-hydrogen) atoms. The summed E-state index contributed by atoms with van der Waals surface area (Å²) >= 11 is 5.93. The third-order valence-corrected chi connectivity index (χ3v) is 6.63. The van der Waals surface area contributed by atoms with Crippen LogP contribution in [0.4, 0.5) is 4.39 Å². The lowest BCUT2D eigenvalue weighted by molar-refractivity contribution is 0.0340. The molecular weight excluding hydrogens is 459 g/mol. The number of nitrogens with one attached hydrogen (secondary N) is 1. The molecular formula is C25H24ClFN4O3. The number of fused-ring (bicyclic) bond motifs is 1. The van der Waals surface area contributed by atoms with Crippen molar-refractivity contribution in [2.45, 2.75) is 20.0 Å². The molecule has 0 amide bonds. The highest BCUT2D eigenvalue weighted by atomic mass is 35.5. The van der Waals surface area contributed by atoms with E-state index in [1.54, 1.807) is 11.5 Å². The molecule has 1 aliphatic heterocycles. The Morgan fingerprint density at radius 3 is 2.44 bits per heavy atom. The monoisotopic (exact) mass is 482 g/mol. The zero-order valence-corrected chi connectivity index (χ0v) is 19.4. The Hall–Kier alpha value is -3.20. The molecule has 9 heteroatoms. The normalized spacial score (nSPS) is 14.7. The fourth-order valence-electron chi connectivity index (χ4n) is 4.49. The molecule has 4 aromatic rings. The molecule has 1 aliphatic rings. The zero-order valence-electron chi connectivity index (χ0n) is 18.7. The van der Waals surface area contributed by atoms with Gasteiger partial charge in [0.25, 0.3) is 11.1 Å². The summed E-state index contributed by atoms with van der Waals surface area (Å²) in [6.07, 6.45) is 0. The summed E-state index contributed by atoms with van der Waals surface area (Å²) in [5, 5.41) is 3.09. The second-order valence-corrected chi connectivity index (χ2v) is 8.85. The number of pyridine rings is 1. The third-order valence-electron chi connectivity index (χ3n) is 6.34. The molecule has 7 nitrogen and oxygen atoms in total. The molecule has 2 aromatic carbocycles. The molecule has 3 heterocycles. The summed E-state index contributed by atoms with van der Waals surface area (Å²) in [5.41, 5.74) is 3.06. The lowest BCUT2D eigenvalue weighted by Gasteiger charge is -2.27. The van der Waals surface area contributed by atoms with Gasteiger partial charge in [-0.1, -0.05) is 35.9 Å². The van der Waals surface area contributed by atoms with E-state index in [1.165, 1.54) is 28.9 Å². The van der Waals surface area contributed by atoms with Crippen LogP contribution in [0.25, 0.3) is 16.6 Å². The number of aromatic amines is 1. The average molecular weight is 483 g/mol. The van der Waals surface area contributed by atoms with Crippen LogP contribution in [0.2, 0.25) is 5.02 Å². The molecule has 176 valence electrons. The maximum atomic E-state index is 13.6. The number of rotatable bonds is 5. The van der Waals surface area contributed by atoms with Gasteiger partial charge in [0.1, 0.15) is 5.82 Å². The second-order valence-electron chi connectivity index (χ2n) is 8.45. The molecule has 0 radical (unpaired) electrons. The Balaban J connectivity index is 1.55. The minimum Gasteiger partial charge on any atom is -0.379 e. The molecule has 1 fully saturated rings. The van der Waals surface area contributed by atoms with Crippen molar-refractivity contribution >= 4 is 22.5 Å². The number of hydrogen-bond donors (Lipinski definition) is 1. The first-order chi connectivity index (χ1) is 16.4. The van der Waals surface area contributed by atoms with E-state index in [9.17, 15) is 14.0 Å². The van der Waals surface area contributed by atoms with E-state index in [1.807, 2.05) is 18.2 Å². The van der Waals surface area contributed by atoms with Crippen LogP contribution in [0.5, 0.6) is 0 Å². The Morgan fingerprint density at radius 2 is 1.74 bits per heavy atom. The molecule has 0 saturated carbocycles. The van der Waals surface area contributed by atoms with Crippen LogP contribution in [0.15, 0.2) is 58.1 Å². The van der Waals surface area contributed by atoms with Gasteiger partial charge >= 0.3 is 0 Å². The van der Waals surface area contributed by atoms with E-state index < -0.39 is 5.82 Å². The molecule has 0 unspecified atom stereocenters. The molecule has 1 saturated heterocycles. The van der Waals surface area contributed by atoms with Gasteiger partial charge in [0.15, 0.2) is 0 Å². The topological polar surface area (TPSA) is 72.3 Å². The Labute approximate surface area is 199 Å². The SMILES string of the molecule is Cc1c2c(=O)[nH]n(-c3ccc(F)c(Cl)c3)c2cc(=O)n1Cc1ccccc1CN1CCOCC1. The number of aryl methyl sites for hydroxylation is 1.